The van der Waals surface area contributed by atoms with Crippen molar-refractivity contribution in [2.45, 2.75) is 64.8 Å². The lowest BCUT2D eigenvalue weighted by atomic mass is 9.85. The zero-order chi connectivity index (χ0) is 12.0. The van der Waals surface area contributed by atoms with Crippen molar-refractivity contribution in [2.24, 2.45) is 11.8 Å². The predicted molar refractivity (Wildman–Crippen MR) is 72.6 cm³/mol. The largest absolute Gasteiger partial charge is 0.312 e. The maximum absolute atomic E-state index is 3.91. The molecule has 1 saturated carbocycles. The fourth-order valence-corrected chi connectivity index (χ4v) is 2.69. The van der Waals surface area contributed by atoms with E-state index in [-0.39, 0.29) is 5.54 Å². The van der Waals surface area contributed by atoms with Gasteiger partial charge in [-0.2, -0.15) is 0 Å². The average molecular weight is 223 g/mol. The van der Waals surface area contributed by atoms with E-state index in [1.807, 2.05) is 0 Å². The molecule has 1 heteroatoms. The number of hydrogen-bond donors (Lipinski definition) is 1. The lowest BCUT2D eigenvalue weighted by molar-refractivity contribution is 0.273. The summed E-state index contributed by atoms with van der Waals surface area (Å²) in [4.78, 5) is 0. The van der Waals surface area contributed by atoms with Gasteiger partial charge < -0.3 is 5.32 Å². The van der Waals surface area contributed by atoms with Gasteiger partial charge in [0.15, 0.2) is 0 Å². The zero-order valence-corrected chi connectivity index (χ0v) is 11.4. The second-order valence-electron chi connectivity index (χ2n) is 6.31. The Kier molecular flexibility index (Phi) is 5.54. The molecule has 2 unspecified atom stereocenters. The Balaban J connectivity index is 2.47. The quantitative estimate of drug-likeness (QED) is 0.558. The molecule has 1 aliphatic carbocycles. The molecule has 1 N–H and O–H groups in total. The fraction of sp³-hybridized carbons (Fsp3) is 0.867. The van der Waals surface area contributed by atoms with E-state index in [2.05, 4.69) is 38.7 Å². The van der Waals surface area contributed by atoms with Crippen LogP contribution in [-0.4, -0.2) is 12.1 Å². The molecule has 2 atom stereocenters. The molecule has 0 aromatic rings. The van der Waals surface area contributed by atoms with Crippen LogP contribution in [-0.2, 0) is 0 Å². The molecule has 0 radical (unpaired) electrons. The Morgan fingerprint density at radius 3 is 2.31 bits per heavy atom. The smallest absolute Gasteiger partial charge is 0.00966 e. The minimum atomic E-state index is 0.255. The third-order valence-corrected chi connectivity index (χ3v) is 3.68. The Hall–Kier alpha value is -0.300. The number of hydrogen-bond acceptors (Lipinski definition) is 1. The SMILES string of the molecule is C=CCC1CCCCCC1CNC(C)(C)C. The summed E-state index contributed by atoms with van der Waals surface area (Å²) in [5, 5.41) is 3.67. The molecule has 1 nitrogen and oxygen atoms in total. The molecule has 1 fully saturated rings. The van der Waals surface area contributed by atoms with E-state index in [9.17, 15) is 0 Å². The van der Waals surface area contributed by atoms with Crippen molar-refractivity contribution in [3.05, 3.63) is 12.7 Å². The highest BCUT2D eigenvalue weighted by Gasteiger charge is 2.23. The lowest BCUT2D eigenvalue weighted by Gasteiger charge is -2.29. The molecule has 0 aliphatic heterocycles. The average Bonchev–Trinajstić information content (AvgIpc) is 2.40. The molecule has 0 heterocycles. The Morgan fingerprint density at radius 1 is 1.12 bits per heavy atom. The van der Waals surface area contributed by atoms with Gasteiger partial charge in [0.25, 0.3) is 0 Å². The zero-order valence-electron chi connectivity index (χ0n) is 11.4. The minimum Gasteiger partial charge on any atom is -0.312 e. The maximum atomic E-state index is 3.91. The Morgan fingerprint density at radius 2 is 1.75 bits per heavy atom. The molecule has 1 aliphatic rings. The second kappa shape index (κ2) is 6.44. The third kappa shape index (κ3) is 5.16. The second-order valence-corrected chi connectivity index (χ2v) is 6.31. The summed E-state index contributed by atoms with van der Waals surface area (Å²) in [6.07, 6.45) is 10.4. The monoisotopic (exact) mass is 223 g/mol. The van der Waals surface area contributed by atoms with Gasteiger partial charge in [-0.05, 0) is 58.4 Å². The molecular formula is C15H29N. The maximum Gasteiger partial charge on any atom is 0.00966 e. The highest BCUT2D eigenvalue weighted by molar-refractivity contribution is 4.83. The van der Waals surface area contributed by atoms with E-state index in [1.54, 1.807) is 0 Å². The van der Waals surface area contributed by atoms with Gasteiger partial charge in [0.05, 0.1) is 0 Å². The van der Waals surface area contributed by atoms with Crippen molar-refractivity contribution in [3.63, 3.8) is 0 Å². The number of nitrogens with one attached hydrogen (secondary N) is 1. The topological polar surface area (TPSA) is 12.0 Å². The molecule has 0 spiro atoms. The van der Waals surface area contributed by atoms with E-state index >= 15 is 0 Å². The van der Waals surface area contributed by atoms with Crippen LogP contribution in [0.1, 0.15) is 59.3 Å². The predicted octanol–water partition coefficient (Wildman–Crippen LogP) is 4.15. The van der Waals surface area contributed by atoms with Gasteiger partial charge in [-0.15, -0.1) is 6.58 Å². The summed E-state index contributed by atoms with van der Waals surface area (Å²) >= 11 is 0. The summed E-state index contributed by atoms with van der Waals surface area (Å²) < 4.78 is 0. The first kappa shape index (κ1) is 13.8. The summed E-state index contributed by atoms with van der Waals surface area (Å²) in [5.74, 6) is 1.73. The highest BCUT2D eigenvalue weighted by atomic mass is 14.9. The van der Waals surface area contributed by atoms with Gasteiger partial charge in [-0.1, -0.05) is 25.3 Å². The van der Waals surface area contributed by atoms with E-state index in [1.165, 1.54) is 45.1 Å². The van der Waals surface area contributed by atoms with Crippen molar-refractivity contribution >= 4 is 0 Å². The van der Waals surface area contributed by atoms with Crippen LogP contribution in [0.2, 0.25) is 0 Å². The van der Waals surface area contributed by atoms with E-state index in [0.717, 1.165) is 11.8 Å². The standard InChI is InChI=1S/C15H29N/c1-5-9-13-10-7-6-8-11-14(13)12-16-15(2,3)4/h5,13-14,16H,1,6-12H2,2-4H3. The van der Waals surface area contributed by atoms with Gasteiger partial charge in [-0.25, -0.2) is 0 Å². The fourth-order valence-electron chi connectivity index (χ4n) is 2.69. The summed E-state index contributed by atoms with van der Waals surface area (Å²) in [7, 11) is 0. The minimum absolute atomic E-state index is 0.255. The van der Waals surface area contributed by atoms with Crippen molar-refractivity contribution in [3.8, 4) is 0 Å². The Labute approximate surface area is 102 Å². The Bertz CT molecular complexity index is 202. The van der Waals surface area contributed by atoms with Gasteiger partial charge in [0, 0.05) is 5.54 Å². The summed E-state index contributed by atoms with van der Waals surface area (Å²) in [5.41, 5.74) is 0.255. The first-order valence-corrected chi connectivity index (χ1v) is 6.89. The van der Waals surface area contributed by atoms with Crippen molar-refractivity contribution < 1.29 is 0 Å². The van der Waals surface area contributed by atoms with Crippen LogP contribution in [0.5, 0.6) is 0 Å². The van der Waals surface area contributed by atoms with Gasteiger partial charge >= 0.3 is 0 Å². The highest BCUT2D eigenvalue weighted by Crippen LogP contribution is 2.31. The molecule has 16 heavy (non-hydrogen) atoms. The first-order valence-electron chi connectivity index (χ1n) is 6.89. The van der Waals surface area contributed by atoms with Gasteiger partial charge in [0.1, 0.15) is 0 Å². The van der Waals surface area contributed by atoms with Crippen molar-refractivity contribution in [1.82, 2.24) is 5.32 Å². The molecule has 0 bridgehead atoms. The van der Waals surface area contributed by atoms with Crippen LogP contribution in [0.25, 0.3) is 0 Å². The summed E-state index contributed by atoms with van der Waals surface area (Å²) in [6, 6.07) is 0. The van der Waals surface area contributed by atoms with Crippen LogP contribution >= 0.6 is 0 Å². The van der Waals surface area contributed by atoms with Gasteiger partial charge in [0.2, 0.25) is 0 Å². The van der Waals surface area contributed by atoms with Crippen molar-refractivity contribution in [1.29, 1.82) is 0 Å². The van der Waals surface area contributed by atoms with Gasteiger partial charge in [-0.3, -0.25) is 0 Å². The van der Waals surface area contributed by atoms with Crippen LogP contribution < -0.4 is 5.32 Å². The van der Waals surface area contributed by atoms with E-state index in [0.29, 0.717) is 0 Å². The lowest BCUT2D eigenvalue weighted by Crippen LogP contribution is -2.40. The molecule has 0 aromatic heterocycles. The normalized spacial score (nSPS) is 27.4. The first-order chi connectivity index (χ1) is 7.53. The third-order valence-electron chi connectivity index (χ3n) is 3.68. The number of rotatable bonds is 4. The molecule has 0 saturated heterocycles. The van der Waals surface area contributed by atoms with Crippen LogP contribution in [0.3, 0.4) is 0 Å². The number of allylic oxidation sites excluding steroid dienone is 1. The molecule has 0 amide bonds. The van der Waals surface area contributed by atoms with Crippen LogP contribution in [0, 0.1) is 11.8 Å². The van der Waals surface area contributed by atoms with Crippen LogP contribution in [0.4, 0.5) is 0 Å². The van der Waals surface area contributed by atoms with E-state index < -0.39 is 0 Å². The van der Waals surface area contributed by atoms with E-state index in [4.69, 9.17) is 0 Å². The molecule has 0 aromatic carbocycles. The molecule has 94 valence electrons. The van der Waals surface area contributed by atoms with Crippen LogP contribution in [0.15, 0.2) is 12.7 Å². The van der Waals surface area contributed by atoms with Crippen molar-refractivity contribution in [2.75, 3.05) is 6.54 Å². The molecular weight excluding hydrogens is 194 g/mol. The summed E-state index contributed by atoms with van der Waals surface area (Å²) in [6.45, 7) is 11.9. The molecule has 1 rings (SSSR count).